The van der Waals surface area contributed by atoms with E-state index in [0.29, 0.717) is 18.4 Å². The summed E-state index contributed by atoms with van der Waals surface area (Å²) in [5, 5.41) is 0. The van der Waals surface area contributed by atoms with Crippen molar-refractivity contribution in [3.8, 4) is 5.75 Å². The van der Waals surface area contributed by atoms with E-state index in [-0.39, 0.29) is 5.70 Å². The van der Waals surface area contributed by atoms with Crippen LogP contribution in [0.15, 0.2) is 56.0 Å². The SMILES string of the molecule is Cc1ccccc1C1=N/C(=C\c2cc(Br)c(OCC(C)C)c(Br)c2)C(=O)O1. The third-order valence-electron chi connectivity index (χ3n) is 3.88. The Kier molecular flexibility index (Phi) is 6.17. The van der Waals surface area contributed by atoms with Crippen LogP contribution in [0.25, 0.3) is 6.08 Å². The molecule has 0 atom stereocenters. The first-order valence-electron chi connectivity index (χ1n) is 8.55. The second-order valence-electron chi connectivity index (χ2n) is 6.67. The maximum absolute atomic E-state index is 12.2. The van der Waals surface area contributed by atoms with Crippen LogP contribution in [0.3, 0.4) is 0 Å². The molecule has 1 heterocycles. The van der Waals surface area contributed by atoms with Gasteiger partial charge in [0.2, 0.25) is 5.90 Å². The van der Waals surface area contributed by atoms with E-state index in [1.807, 2.05) is 43.3 Å². The van der Waals surface area contributed by atoms with Gasteiger partial charge in [0, 0.05) is 5.56 Å². The number of esters is 1. The molecular formula is C21H19Br2NO3. The Morgan fingerprint density at radius 3 is 2.48 bits per heavy atom. The Balaban J connectivity index is 1.90. The van der Waals surface area contributed by atoms with Gasteiger partial charge in [-0.2, -0.15) is 0 Å². The molecule has 2 aromatic rings. The van der Waals surface area contributed by atoms with Crippen molar-refractivity contribution < 1.29 is 14.3 Å². The van der Waals surface area contributed by atoms with Crippen molar-refractivity contribution in [2.45, 2.75) is 20.8 Å². The molecule has 3 rings (SSSR count). The number of nitrogens with zero attached hydrogens (tertiary/aromatic N) is 1. The highest BCUT2D eigenvalue weighted by Gasteiger charge is 2.25. The number of benzene rings is 2. The van der Waals surface area contributed by atoms with Crippen LogP contribution in [0.2, 0.25) is 0 Å². The number of carbonyl (C=O) groups is 1. The largest absolute Gasteiger partial charge is 0.491 e. The van der Waals surface area contributed by atoms with E-state index < -0.39 is 5.97 Å². The van der Waals surface area contributed by atoms with E-state index >= 15 is 0 Å². The quantitative estimate of drug-likeness (QED) is 0.385. The molecule has 0 bridgehead atoms. The molecule has 27 heavy (non-hydrogen) atoms. The standard InChI is InChI=1S/C21H19Br2NO3/c1-12(2)11-26-19-16(22)8-14(9-17(19)23)10-18-21(25)27-20(24-18)15-7-5-4-6-13(15)3/h4-10,12H,11H2,1-3H3/b18-10-. The smallest absolute Gasteiger partial charge is 0.363 e. The molecule has 0 amide bonds. The fraction of sp³-hybridized carbons (Fsp3) is 0.238. The average molecular weight is 493 g/mol. The predicted molar refractivity (Wildman–Crippen MR) is 114 cm³/mol. The zero-order valence-electron chi connectivity index (χ0n) is 15.3. The van der Waals surface area contributed by atoms with Gasteiger partial charge in [-0.3, -0.25) is 0 Å². The lowest BCUT2D eigenvalue weighted by Crippen LogP contribution is -2.06. The summed E-state index contributed by atoms with van der Waals surface area (Å²) in [4.78, 5) is 16.6. The average Bonchev–Trinajstić information content (AvgIpc) is 2.94. The summed E-state index contributed by atoms with van der Waals surface area (Å²) in [7, 11) is 0. The number of aryl methyl sites for hydroxylation is 1. The number of cyclic esters (lactones) is 1. The van der Waals surface area contributed by atoms with Gasteiger partial charge in [0.25, 0.3) is 0 Å². The summed E-state index contributed by atoms with van der Waals surface area (Å²) in [6, 6.07) is 11.5. The van der Waals surface area contributed by atoms with Crippen LogP contribution < -0.4 is 4.74 Å². The van der Waals surface area contributed by atoms with E-state index in [4.69, 9.17) is 9.47 Å². The van der Waals surface area contributed by atoms with Gasteiger partial charge >= 0.3 is 5.97 Å². The zero-order chi connectivity index (χ0) is 19.6. The molecule has 1 aliphatic rings. The van der Waals surface area contributed by atoms with Crippen LogP contribution in [0.1, 0.15) is 30.5 Å². The Morgan fingerprint density at radius 2 is 1.85 bits per heavy atom. The molecule has 1 aliphatic heterocycles. The number of aliphatic imine (C=N–C) groups is 1. The molecule has 0 unspecified atom stereocenters. The highest BCUT2D eigenvalue weighted by molar-refractivity contribution is 9.11. The number of hydrogen-bond acceptors (Lipinski definition) is 4. The number of ether oxygens (including phenoxy) is 2. The molecule has 0 aromatic heterocycles. The summed E-state index contributed by atoms with van der Waals surface area (Å²) in [6.45, 7) is 6.76. The maximum atomic E-state index is 12.2. The minimum atomic E-state index is -0.458. The topological polar surface area (TPSA) is 47.9 Å². The molecule has 4 nitrogen and oxygen atoms in total. The summed E-state index contributed by atoms with van der Waals surface area (Å²) >= 11 is 7.07. The second-order valence-corrected chi connectivity index (χ2v) is 8.38. The minimum absolute atomic E-state index is 0.267. The Labute approximate surface area is 175 Å². The Bertz CT molecular complexity index is 925. The molecule has 0 saturated carbocycles. The number of rotatable bonds is 5. The van der Waals surface area contributed by atoms with Crippen LogP contribution in [0, 0.1) is 12.8 Å². The van der Waals surface area contributed by atoms with E-state index in [2.05, 4.69) is 50.7 Å². The zero-order valence-corrected chi connectivity index (χ0v) is 18.4. The third kappa shape index (κ3) is 4.68. The first kappa shape index (κ1) is 19.8. The van der Waals surface area contributed by atoms with Gasteiger partial charge in [-0.1, -0.05) is 32.0 Å². The van der Waals surface area contributed by atoms with Gasteiger partial charge in [-0.15, -0.1) is 0 Å². The third-order valence-corrected chi connectivity index (χ3v) is 5.06. The summed E-state index contributed by atoms with van der Waals surface area (Å²) in [5.41, 5.74) is 2.90. The molecule has 0 aliphatic carbocycles. The summed E-state index contributed by atoms with van der Waals surface area (Å²) < 4.78 is 12.8. The number of halogens is 2. The second kappa shape index (κ2) is 8.40. The number of hydrogen-bond donors (Lipinski definition) is 0. The van der Waals surface area contributed by atoms with E-state index in [9.17, 15) is 4.79 Å². The van der Waals surface area contributed by atoms with Crippen LogP contribution in [0.4, 0.5) is 0 Å². The van der Waals surface area contributed by atoms with E-state index in [1.165, 1.54) is 0 Å². The molecule has 0 N–H and O–H groups in total. The van der Waals surface area contributed by atoms with Crippen molar-refractivity contribution in [3.63, 3.8) is 0 Å². The predicted octanol–water partition coefficient (Wildman–Crippen LogP) is 5.90. The lowest BCUT2D eigenvalue weighted by atomic mass is 10.1. The summed E-state index contributed by atoms with van der Waals surface area (Å²) in [6.07, 6.45) is 1.70. The monoisotopic (exact) mass is 491 g/mol. The van der Waals surface area contributed by atoms with Gasteiger partial charge in [0.05, 0.1) is 15.6 Å². The van der Waals surface area contributed by atoms with Crippen molar-refractivity contribution in [2.24, 2.45) is 10.9 Å². The Hall–Kier alpha value is -1.92. The summed E-state index contributed by atoms with van der Waals surface area (Å²) in [5.74, 6) is 1.04. The fourth-order valence-electron chi connectivity index (χ4n) is 2.55. The maximum Gasteiger partial charge on any atom is 0.363 e. The molecule has 140 valence electrons. The van der Waals surface area contributed by atoms with Crippen LogP contribution in [-0.4, -0.2) is 18.5 Å². The lowest BCUT2D eigenvalue weighted by molar-refractivity contribution is -0.129. The van der Waals surface area contributed by atoms with E-state index in [1.54, 1.807) is 6.08 Å². The van der Waals surface area contributed by atoms with Crippen LogP contribution in [-0.2, 0) is 9.53 Å². The van der Waals surface area contributed by atoms with E-state index in [0.717, 1.165) is 31.4 Å². The van der Waals surface area contributed by atoms with Crippen molar-refractivity contribution in [1.29, 1.82) is 0 Å². The molecule has 6 heteroatoms. The molecule has 2 aromatic carbocycles. The minimum Gasteiger partial charge on any atom is -0.491 e. The highest BCUT2D eigenvalue weighted by atomic mass is 79.9. The van der Waals surface area contributed by atoms with Crippen molar-refractivity contribution >= 4 is 49.8 Å². The highest BCUT2D eigenvalue weighted by Crippen LogP contribution is 2.36. The molecular weight excluding hydrogens is 474 g/mol. The van der Waals surface area contributed by atoms with Crippen LogP contribution >= 0.6 is 31.9 Å². The van der Waals surface area contributed by atoms with Gasteiger partial charge < -0.3 is 9.47 Å². The van der Waals surface area contributed by atoms with Crippen molar-refractivity contribution in [1.82, 2.24) is 0 Å². The Morgan fingerprint density at radius 1 is 1.19 bits per heavy atom. The first-order chi connectivity index (χ1) is 12.8. The number of carbonyl (C=O) groups excluding carboxylic acids is 1. The fourth-order valence-corrected chi connectivity index (χ4v) is 4.00. The van der Waals surface area contributed by atoms with Gasteiger partial charge in [0.15, 0.2) is 5.70 Å². The first-order valence-corrected chi connectivity index (χ1v) is 10.1. The molecule has 0 spiro atoms. The van der Waals surface area contributed by atoms with Crippen molar-refractivity contribution in [2.75, 3.05) is 6.61 Å². The van der Waals surface area contributed by atoms with Gasteiger partial charge in [0.1, 0.15) is 5.75 Å². The molecule has 0 radical (unpaired) electrons. The van der Waals surface area contributed by atoms with Gasteiger partial charge in [-0.05, 0) is 80.1 Å². The normalized spacial score (nSPS) is 15.3. The van der Waals surface area contributed by atoms with Crippen LogP contribution in [0.5, 0.6) is 5.75 Å². The molecule has 0 fully saturated rings. The molecule has 0 saturated heterocycles. The van der Waals surface area contributed by atoms with Crippen molar-refractivity contribution in [3.05, 3.63) is 67.7 Å². The van der Waals surface area contributed by atoms with Gasteiger partial charge in [-0.25, -0.2) is 9.79 Å². The lowest BCUT2D eigenvalue weighted by Gasteiger charge is -2.13.